The van der Waals surface area contributed by atoms with E-state index < -0.39 is 0 Å². The Labute approximate surface area is 101 Å². The molecule has 2 aromatic rings. The summed E-state index contributed by atoms with van der Waals surface area (Å²) < 4.78 is 5.37. The van der Waals surface area contributed by atoms with Gasteiger partial charge in [0.25, 0.3) is 0 Å². The number of ether oxygens (including phenoxy) is 1. The van der Waals surface area contributed by atoms with Crippen LogP contribution in [0.3, 0.4) is 0 Å². The Hall–Kier alpha value is -1.45. The molecule has 0 unspecified atom stereocenters. The quantitative estimate of drug-likeness (QED) is 0.814. The van der Waals surface area contributed by atoms with Gasteiger partial charge in [-0.15, -0.1) is 0 Å². The third-order valence-corrected chi connectivity index (χ3v) is 3.55. The largest absolute Gasteiger partial charge is 0.381 e. The molecule has 0 amide bonds. The summed E-state index contributed by atoms with van der Waals surface area (Å²) in [6, 6.07) is 10.3. The summed E-state index contributed by atoms with van der Waals surface area (Å²) in [5.74, 6) is 0. The molecule has 0 saturated carbocycles. The molecule has 0 spiro atoms. The lowest BCUT2D eigenvalue weighted by molar-refractivity contribution is 0.0522. The summed E-state index contributed by atoms with van der Waals surface area (Å²) in [4.78, 5) is 4.48. The SMILES string of the molecule is NC1(c2cnc3ccccc3c2)CCOCC1. The van der Waals surface area contributed by atoms with Gasteiger partial charge < -0.3 is 10.5 Å². The molecule has 2 N–H and O–H groups in total. The van der Waals surface area contributed by atoms with Crippen LogP contribution in [0.15, 0.2) is 36.5 Å². The number of rotatable bonds is 1. The standard InChI is InChI=1S/C14H16N2O/c15-14(5-7-17-8-6-14)12-9-11-3-1-2-4-13(11)16-10-12/h1-4,9-10H,5-8,15H2. The van der Waals surface area contributed by atoms with E-state index in [4.69, 9.17) is 10.5 Å². The fourth-order valence-electron chi connectivity index (χ4n) is 2.37. The fourth-order valence-corrected chi connectivity index (χ4v) is 2.37. The number of benzene rings is 1. The molecule has 0 atom stereocenters. The van der Waals surface area contributed by atoms with Crippen molar-refractivity contribution in [2.75, 3.05) is 13.2 Å². The van der Waals surface area contributed by atoms with Crippen molar-refractivity contribution in [3.63, 3.8) is 0 Å². The van der Waals surface area contributed by atoms with Crippen molar-refractivity contribution >= 4 is 10.9 Å². The smallest absolute Gasteiger partial charge is 0.0702 e. The van der Waals surface area contributed by atoms with Crippen LogP contribution in [-0.2, 0) is 10.3 Å². The summed E-state index contributed by atoms with van der Waals surface area (Å²) >= 11 is 0. The summed E-state index contributed by atoms with van der Waals surface area (Å²) in [6.45, 7) is 1.48. The number of hydrogen-bond donors (Lipinski definition) is 1. The van der Waals surface area contributed by atoms with Crippen LogP contribution in [-0.4, -0.2) is 18.2 Å². The minimum Gasteiger partial charge on any atom is -0.381 e. The van der Waals surface area contributed by atoms with E-state index in [0.717, 1.165) is 42.5 Å². The molecule has 1 aliphatic rings. The Balaban J connectivity index is 2.05. The van der Waals surface area contributed by atoms with Gasteiger partial charge in [0, 0.05) is 30.3 Å². The minimum atomic E-state index is -0.269. The summed E-state index contributed by atoms with van der Waals surface area (Å²) in [6.07, 6.45) is 3.65. The van der Waals surface area contributed by atoms with E-state index >= 15 is 0 Å². The van der Waals surface area contributed by atoms with Gasteiger partial charge in [-0.05, 0) is 30.5 Å². The fraction of sp³-hybridized carbons (Fsp3) is 0.357. The van der Waals surface area contributed by atoms with E-state index in [0.29, 0.717) is 0 Å². The lowest BCUT2D eigenvalue weighted by Gasteiger charge is -2.33. The molecule has 3 nitrogen and oxygen atoms in total. The van der Waals surface area contributed by atoms with Crippen molar-refractivity contribution in [3.8, 4) is 0 Å². The molecular weight excluding hydrogens is 212 g/mol. The third-order valence-electron chi connectivity index (χ3n) is 3.55. The predicted octanol–water partition coefficient (Wildman–Crippen LogP) is 2.20. The maximum Gasteiger partial charge on any atom is 0.0702 e. The van der Waals surface area contributed by atoms with E-state index in [-0.39, 0.29) is 5.54 Å². The Bertz CT molecular complexity index is 532. The molecule has 3 heteroatoms. The Morgan fingerprint density at radius 3 is 2.76 bits per heavy atom. The molecule has 1 saturated heterocycles. The highest BCUT2D eigenvalue weighted by Gasteiger charge is 2.30. The third kappa shape index (κ3) is 1.92. The Kier molecular flexibility index (Phi) is 2.57. The minimum absolute atomic E-state index is 0.269. The van der Waals surface area contributed by atoms with E-state index in [1.54, 1.807) is 0 Å². The maximum atomic E-state index is 6.45. The number of nitrogens with zero attached hydrogens (tertiary/aromatic N) is 1. The number of pyridine rings is 1. The highest BCUT2D eigenvalue weighted by molar-refractivity contribution is 5.78. The van der Waals surface area contributed by atoms with Gasteiger partial charge in [0.2, 0.25) is 0 Å². The molecule has 3 rings (SSSR count). The van der Waals surface area contributed by atoms with Gasteiger partial charge >= 0.3 is 0 Å². The summed E-state index contributed by atoms with van der Waals surface area (Å²) in [7, 11) is 0. The van der Waals surface area contributed by atoms with Gasteiger partial charge in [-0.25, -0.2) is 0 Å². The van der Waals surface area contributed by atoms with Crippen molar-refractivity contribution in [1.82, 2.24) is 4.98 Å². The average Bonchev–Trinajstić information content (AvgIpc) is 2.39. The first-order valence-electron chi connectivity index (χ1n) is 6.00. The van der Waals surface area contributed by atoms with Crippen LogP contribution in [0.4, 0.5) is 0 Å². The molecule has 1 aromatic carbocycles. The molecular formula is C14H16N2O. The van der Waals surface area contributed by atoms with Crippen LogP contribution in [0.25, 0.3) is 10.9 Å². The molecule has 0 bridgehead atoms. The number of hydrogen-bond acceptors (Lipinski definition) is 3. The number of aromatic nitrogens is 1. The molecule has 0 aliphatic carbocycles. The second kappa shape index (κ2) is 4.09. The van der Waals surface area contributed by atoms with E-state index in [2.05, 4.69) is 17.1 Å². The first-order chi connectivity index (χ1) is 8.28. The molecule has 88 valence electrons. The van der Waals surface area contributed by atoms with Crippen LogP contribution >= 0.6 is 0 Å². The Morgan fingerprint density at radius 1 is 1.18 bits per heavy atom. The Morgan fingerprint density at radius 2 is 1.94 bits per heavy atom. The van der Waals surface area contributed by atoms with Gasteiger partial charge in [0.15, 0.2) is 0 Å². The van der Waals surface area contributed by atoms with Crippen molar-refractivity contribution < 1.29 is 4.74 Å². The second-order valence-corrected chi connectivity index (χ2v) is 4.69. The van der Waals surface area contributed by atoms with Crippen LogP contribution < -0.4 is 5.73 Å². The number of para-hydroxylation sites is 1. The molecule has 1 aliphatic heterocycles. The zero-order valence-corrected chi connectivity index (χ0v) is 9.73. The monoisotopic (exact) mass is 228 g/mol. The van der Waals surface area contributed by atoms with Gasteiger partial charge in [0.05, 0.1) is 5.52 Å². The highest BCUT2D eigenvalue weighted by atomic mass is 16.5. The summed E-state index contributed by atoms with van der Waals surface area (Å²) in [5.41, 5.74) is 8.33. The van der Waals surface area contributed by atoms with Gasteiger partial charge in [0.1, 0.15) is 0 Å². The van der Waals surface area contributed by atoms with Crippen LogP contribution in [0.2, 0.25) is 0 Å². The highest BCUT2D eigenvalue weighted by Crippen LogP contribution is 2.30. The van der Waals surface area contributed by atoms with Crippen molar-refractivity contribution in [1.29, 1.82) is 0 Å². The van der Waals surface area contributed by atoms with Crippen molar-refractivity contribution in [2.45, 2.75) is 18.4 Å². The van der Waals surface area contributed by atoms with Gasteiger partial charge in [-0.3, -0.25) is 4.98 Å². The van der Waals surface area contributed by atoms with Crippen molar-refractivity contribution in [2.24, 2.45) is 5.73 Å². The van der Waals surface area contributed by atoms with Crippen LogP contribution in [0, 0.1) is 0 Å². The second-order valence-electron chi connectivity index (χ2n) is 4.69. The topological polar surface area (TPSA) is 48.1 Å². The van der Waals surface area contributed by atoms with Crippen molar-refractivity contribution in [3.05, 3.63) is 42.1 Å². The number of fused-ring (bicyclic) bond motifs is 1. The van der Waals surface area contributed by atoms with E-state index in [1.807, 2.05) is 24.4 Å². The predicted molar refractivity (Wildman–Crippen MR) is 67.7 cm³/mol. The first-order valence-corrected chi connectivity index (χ1v) is 6.00. The maximum absolute atomic E-state index is 6.45. The molecule has 17 heavy (non-hydrogen) atoms. The molecule has 1 fully saturated rings. The van der Waals surface area contributed by atoms with Gasteiger partial charge in [-0.1, -0.05) is 18.2 Å². The average molecular weight is 228 g/mol. The lowest BCUT2D eigenvalue weighted by atomic mass is 9.84. The molecule has 0 radical (unpaired) electrons. The summed E-state index contributed by atoms with van der Waals surface area (Å²) in [5, 5.41) is 1.15. The van der Waals surface area contributed by atoms with E-state index in [1.165, 1.54) is 0 Å². The zero-order chi connectivity index (χ0) is 11.7. The molecule has 1 aromatic heterocycles. The molecule has 2 heterocycles. The van der Waals surface area contributed by atoms with Gasteiger partial charge in [-0.2, -0.15) is 0 Å². The zero-order valence-electron chi connectivity index (χ0n) is 9.73. The first kappa shape index (κ1) is 10.7. The van der Waals surface area contributed by atoms with Crippen LogP contribution in [0.1, 0.15) is 18.4 Å². The lowest BCUT2D eigenvalue weighted by Crippen LogP contribution is -2.42. The van der Waals surface area contributed by atoms with Crippen LogP contribution in [0.5, 0.6) is 0 Å². The number of nitrogens with two attached hydrogens (primary N) is 1. The normalized spacial score (nSPS) is 19.4. The van der Waals surface area contributed by atoms with E-state index in [9.17, 15) is 0 Å².